The molecule has 0 aliphatic rings. The van der Waals surface area contributed by atoms with Crippen molar-refractivity contribution in [3.8, 4) is 62.0 Å². The van der Waals surface area contributed by atoms with Crippen LogP contribution in [0, 0.1) is 0 Å². The van der Waals surface area contributed by atoms with Crippen LogP contribution in [-0.4, -0.2) is 19.5 Å². The van der Waals surface area contributed by atoms with E-state index in [0.29, 0.717) is 5.82 Å². The van der Waals surface area contributed by atoms with Crippen molar-refractivity contribution in [1.82, 2.24) is 19.5 Å². The summed E-state index contributed by atoms with van der Waals surface area (Å²) < 4.78 is 2.39. The van der Waals surface area contributed by atoms with E-state index >= 15 is 0 Å². The van der Waals surface area contributed by atoms with Crippen LogP contribution in [0.1, 0.15) is 0 Å². The summed E-state index contributed by atoms with van der Waals surface area (Å²) in [6.45, 7) is 0. The van der Waals surface area contributed by atoms with Gasteiger partial charge in [0.25, 0.3) is 0 Å². The lowest BCUT2D eigenvalue weighted by molar-refractivity contribution is 1.18. The van der Waals surface area contributed by atoms with Gasteiger partial charge >= 0.3 is 0 Å². The van der Waals surface area contributed by atoms with E-state index in [2.05, 4.69) is 174 Å². The highest BCUT2D eigenvalue weighted by molar-refractivity contribution is 6.21. The monoisotopic (exact) mass is 726 g/mol. The van der Waals surface area contributed by atoms with Gasteiger partial charge in [-0.05, 0) is 47.3 Å². The van der Waals surface area contributed by atoms with E-state index in [-0.39, 0.29) is 0 Å². The third-order valence-corrected chi connectivity index (χ3v) is 11.0. The maximum absolute atomic E-state index is 5.55. The quantitative estimate of drug-likeness (QED) is 0.160. The number of hydrogen-bond acceptors (Lipinski definition) is 3. The fourth-order valence-corrected chi connectivity index (χ4v) is 8.28. The highest BCUT2D eigenvalue weighted by atomic mass is 15.0. The zero-order valence-electron chi connectivity index (χ0n) is 30.9. The fourth-order valence-electron chi connectivity index (χ4n) is 8.28. The summed E-state index contributed by atoms with van der Waals surface area (Å²) in [6, 6.07) is 72.6. The van der Waals surface area contributed by atoms with Crippen molar-refractivity contribution >= 4 is 43.5 Å². The molecule has 0 unspecified atom stereocenters. The Bertz CT molecular complexity index is 3190. The molecular weight excluding hydrogens is 693 g/mol. The van der Waals surface area contributed by atoms with Gasteiger partial charge in [0.15, 0.2) is 5.82 Å². The lowest BCUT2D eigenvalue weighted by atomic mass is 9.94. The molecule has 4 nitrogen and oxygen atoms in total. The molecule has 0 spiro atoms. The number of para-hydroxylation sites is 3. The van der Waals surface area contributed by atoms with Gasteiger partial charge in [0.2, 0.25) is 0 Å². The van der Waals surface area contributed by atoms with Crippen LogP contribution in [0.25, 0.3) is 105 Å². The molecule has 8 aromatic carbocycles. The molecular formula is C53H34N4. The van der Waals surface area contributed by atoms with Crippen molar-refractivity contribution in [2.45, 2.75) is 0 Å². The largest absolute Gasteiger partial charge is 0.309 e. The summed E-state index contributed by atoms with van der Waals surface area (Å²) in [6.07, 6.45) is 0. The second-order valence-electron chi connectivity index (χ2n) is 14.4. The molecule has 0 aliphatic heterocycles. The van der Waals surface area contributed by atoms with E-state index in [4.69, 9.17) is 15.0 Å². The number of rotatable bonds is 6. The van der Waals surface area contributed by atoms with Crippen LogP contribution in [0.15, 0.2) is 206 Å². The standard InChI is InChI=1S/C53H34N4/c1-5-16-36(17-6-1)47-34-48(55-53(54-47)39-20-9-3-10-21-39)37-30-28-35(29-31-37)41-25-15-26-43-44-33-50-45(32-46(44)51(56-52(41)43)38-18-7-2-8-19-38)42-24-13-14-27-49(42)57(50)40-22-11-4-12-23-40/h1-34H. The minimum Gasteiger partial charge on any atom is -0.309 e. The number of benzene rings is 8. The predicted molar refractivity (Wildman–Crippen MR) is 236 cm³/mol. The summed E-state index contributed by atoms with van der Waals surface area (Å²) >= 11 is 0. The van der Waals surface area contributed by atoms with Gasteiger partial charge in [-0.25, -0.2) is 15.0 Å². The molecule has 4 heteroatoms. The lowest BCUT2D eigenvalue weighted by Crippen LogP contribution is -1.96. The smallest absolute Gasteiger partial charge is 0.160 e. The molecule has 0 aliphatic carbocycles. The molecule has 11 rings (SSSR count). The Hall–Kier alpha value is -7.69. The van der Waals surface area contributed by atoms with Crippen LogP contribution in [0.5, 0.6) is 0 Å². The Morgan fingerprint density at radius 1 is 0.316 bits per heavy atom. The Labute approximate surface area is 330 Å². The number of pyridine rings is 1. The summed E-state index contributed by atoms with van der Waals surface area (Å²) in [4.78, 5) is 15.6. The minimum absolute atomic E-state index is 0.704. The molecule has 0 amide bonds. The Kier molecular flexibility index (Phi) is 7.78. The first-order chi connectivity index (χ1) is 28.3. The number of fused-ring (bicyclic) bond motifs is 6. The number of hydrogen-bond donors (Lipinski definition) is 0. The maximum atomic E-state index is 5.55. The first-order valence-electron chi connectivity index (χ1n) is 19.3. The summed E-state index contributed by atoms with van der Waals surface area (Å²) in [5.74, 6) is 0.704. The molecule has 0 radical (unpaired) electrons. The van der Waals surface area contributed by atoms with Crippen LogP contribution in [0.4, 0.5) is 0 Å². The molecule has 11 aromatic rings. The average molecular weight is 727 g/mol. The van der Waals surface area contributed by atoms with Crippen LogP contribution < -0.4 is 0 Å². The predicted octanol–water partition coefficient (Wildman–Crippen LogP) is 13.6. The molecule has 57 heavy (non-hydrogen) atoms. The van der Waals surface area contributed by atoms with E-state index < -0.39 is 0 Å². The van der Waals surface area contributed by atoms with E-state index in [0.717, 1.165) is 72.4 Å². The highest BCUT2D eigenvalue weighted by Gasteiger charge is 2.19. The van der Waals surface area contributed by atoms with Gasteiger partial charge in [0.1, 0.15) is 0 Å². The topological polar surface area (TPSA) is 43.6 Å². The van der Waals surface area contributed by atoms with Gasteiger partial charge in [-0.15, -0.1) is 0 Å². The van der Waals surface area contributed by atoms with Crippen molar-refractivity contribution in [2.24, 2.45) is 0 Å². The summed E-state index contributed by atoms with van der Waals surface area (Å²) in [7, 11) is 0. The lowest BCUT2D eigenvalue weighted by Gasteiger charge is -2.15. The molecule has 3 aromatic heterocycles. The zero-order chi connectivity index (χ0) is 37.7. The molecule has 0 saturated carbocycles. The normalized spacial score (nSPS) is 11.5. The molecule has 0 atom stereocenters. The van der Waals surface area contributed by atoms with Gasteiger partial charge in [0, 0.05) is 55.0 Å². The van der Waals surface area contributed by atoms with Crippen LogP contribution >= 0.6 is 0 Å². The Morgan fingerprint density at radius 3 is 1.58 bits per heavy atom. The fraction of sp³-hybridized carbons (Fsp3) is 0. The second kappa shape index (κ2) is 13.6. The van der Waals surface area contributed by atoms with Gasteiger partial charge in [-0.2, -0.15) is 0 Å². The first kappa shape index (κ1) is 32.7. The van der Waals surface area contributed by atoms with E-state index in [1.165, 1.54) is 27.2 Å². The molecule has 0 saturated heterocycles. The Balaban J connectivity index is 1.11. The third kappa shape index (κ3) is 5.66. The number of nitrogens with zero attached hydrogens (tertiary/aromatic N) is 4. The van der Waals surface area contributed by atoms with Crippen LogP contribution in [0.2, 0.25) is 0 Å². The van der Waals surface area contributed by atoms with Gasteiger partial charge in [0.05, 0.1) is 33.6 Å². The van der Waals surface area contributed by atoms with Crippen LogP contribution in [-0.2, 0) is 0 Å². The van der Waals surface area contributed by atoms with Gasteiger partial charge in [-0.1, -0.05) is 170 Å². The van der Waals surface area contributed by atoms with Crippen molar-refractivity contribution in [3.05, 3.63) is 206 Å². The molecule has 0 fully saturated rings. The molecule has 0 bridgehead atoms. The highest BCUT2D eigenvalue weighted by Crippen LogP contribution is 2.42. The SMILES string of the molecule is c1ccc(-c2cc(-c3ccc(-c4cccc5c4nc(-c4ccccc4)c4cc6c7ccccc7n(-c7ccccc7)c6cc45)cc3)nc(-c3ccccc3)n2)cc1. The summed E-state index contributed by atoms with van der Waals surface area (Å²) in [5, 5.41) is 5.86. The van der Waals surface area contributed by atoms with Gasteiger partial charge in [-0.3, -0.25) is 0 Å². The molecule has 266 valence electrons. The van der Waals surface area contributed by atoms with Gasteiger partial charge < -0.3 is 4.57 Å². The maximum Gasteiger partial charge on any atom is 0.160 e. The number of aromatic nitrogens is 4. The molecule has 3 heterocycles. The van der Waals surface area contributed by atoms with E-state index in [1.54, 1.807) is 0 Å². The Morgan fingerprint density at radius 2 is 0.877 bits per heavy atom. The second-order valence-corrected chi connectivity index (χ2v) is 14.4. The summed E-state index contributed by atoms with van der Waals surface area (Å²) in [5.41, 5.74) is 13.5. The van der Waals surface area contributed by atoms with Crippen molar-refractivity contribution in [2.75, 3.05) is 0 Å². The van der Waals surface area contributed by atoms with E-state index in [1.807, 2.05) is 36.4 Å². The van der Waals surface area contributed by atoms with Crippen molar-refractivity contribution in [1.29, 1.82) is 0 Å². The van der Waals surface area contributed by atoms with Crippen LogP contribution in [0.3, 0.4) is 0 Å². The first-order valence-corrected chi connectivity index (χ1v) is 19.3. The van der Waals surface area contributed by atoms with E-state index in [9.17, 15) is 0 Å². The van der Waals surface area contributed by atoms with Crippen molar-refractivity contribution < 1.29 is 0 Å². The third-order valence-electron chi connectivity index (χ3n) is 11.0. The van der Waals surface area contributed by atoms with Crippen molar-refractivity contribution in [3.63, 3.8) is 0 Å². The zero-order valence-corrected chi connectivity index (χ0v) is 30.9. The molecule has 0 N–H and O–H groups in total. The minimum atomic E-state index is 0.704. The average Bonchev–Trinajstić information content (AvgIpc) is 3.62.